The lowest BCUT2D eigenvalue weighted by atomic mass is 9.94. The van der Waals surface area contributed by atoms with Crippen LogP contribution in [-0.2, 0) is 9.53 Å². The Labute approximate surface area is 124 Å². The zero-order chi connectivity index (χ0) is 15.0. The number of esters is 1. The summed E-state index contributed by atoms with van der Waals surface area (Å²) in [6.07, 6.45) is 7.04. The van der Waals surface area contributed by atoms with Crippen molar-refractivity contribution in [1.82, 2.24) is 10.2 Å². The summed E-state index contributed by atoms with van der Waals surface area (Å²) in [6, 6.07) is 0.843. The zero-order valence-electron chi connectivity index (χ0n) is 13.7. The summed E-state index contributed by atoms with van der Waals surface area (Å²) in [5.74, 6) is -0.146. The van der Waals surface area contributed by atoms with E-state index in [1.165, 1.54) is 39.5 Å². The molecule has 0 aromatic heterocycles. The Morgan fingerprint density at radius 2 is 2.00 bits per heavy atom. The first-order valence-electron chi connectivity index (χ1n) is 8.14. The van der Waals surface area contributed by atoms with Crippen LogP contribution in [0.15, 0.2) is 0 Å². The van der Waals surface area contributed by atoms with Gasteiger partial charge in [0.25, 0.3) is 0 Å². The fraction of sp³-hybridized carbons (Fsp3) is 0.938. The first-order chi connectivity index (χ1) is 9.57. The molecule has 0 radical (unpaired) electrons. The number of ether oxygens (including phenoxy) is 1. The van der Waals surface area contributed by atoms with Crippen LogP contribution in [0.25, 0.3) is 0 Å². The Hall–Kier alpha value is -0.610. The van der Waals surface area contributed by atoms with Gasteiger partial charge in [0.2, 0.25) is 0 Å². The summed E-state index contributed by atoms with van der Waals surface area (Å²) >= 11 is 0. The van der Waals surface area contributed by atoms with Crippen molar-refractivity contribution >= 4 is 5.97 Å². The van der Waals surface area contributed by atoms with Crippen molar-refractivity contribution < 1.29 is 9.53 Å². The van der Waals surface area contributed by atoms with Gasteiger partial charge in [0.1, 0.15) is 5.54 Å². The van der Waals surface area contributed by atoms with E-state index in [1.807, 2.05) is 13.8 Å². The Bertz CT molecular complexity index is 292. The van der Waals surface area contributed by atoms with Crippen molar-refractivity contribution in [3.05, 3.63) is 0 Å². The van der Waals surface area contributed by atoms with Gasteiger partial charge in [0.05, 0.1) is 7.11 Å². The highest BCUT2D eigenvalue weighted by atomic mass is 16.5. The molecule has 0 aromatic rings. The molecule has 1 rings (SSSR count). The van der Waals surface area contributed by atoms with Crippen LogP contribution in [0.1, 0.15) is 59.3 Å². The summed E-state index contributed by atoms with van der Waals surface area (Å²) in [4.78, 5) is 14.5. The highest BCUT2D eigenvalue weighted by Gasteiger charge is 2.33. The van der Waals surface area contributed by atoms with Crippen LogP contribution in [0.3, 0.4) is 0 Å². The molecule has 1 aliphatic carbocycles. The maximum absolute atomic E-state index is 11.9. The first kappa shape index (κ1) is 17.4. The Kier molecular flexibility index (Phi) is 7.52. The fourth-order valence-corrected chi connectivity index (χ4v) is 2.88. The van der Waals surface area contributed by atoms with E-state index in [2.05, 4.69) is 17.1 Å². The molecule has 1 N–H and O–H groups in total. The standard InChI is InChI=1S/C16H32N2O2/c1-5-12-18(14-9-10-14)13-8-7-11-16(3,17-6-2)15(19)20-4/h14,17H,5-13H2,1-4H3. The number of nitrogens with one attached hydrogen (secondary N) is 1. The molecular weight excluding hydrogens is 252 g/mol. The van der Waals surface area contributed by atoms with Crippen LogP contribution in [0.4, 0.5) is 0 Å². The van der Waals surface area contributed by atoms with Gasteiger partial charge in [0, 0.05) is 6.04 Å². The molecule has 0 saturated heterocycles. The smallest absolute Gasteiger partial charge is 0.325 e. The molecule has 0 aliphatic heterocycles. The van der Waals surface area contributed by atoms with Gasteiger partial charge in [-0.1, -0.05) is 13.8 Å². The number of carbonyl (C=O) groups is 1. The van der Waals surface area contributed by atoms with E-state index < -0.39 is 5.54 Å². The predicted octanol–water partition coefficient (Wildman–Crippen LogP) is 2.57. The van der Waals surface area contributed by atoms with Gasteiger partial charge in [-0.3, -0.25) is 4.79 Å². The third-order valence-corrected chi connectivity index (χ3v) is 4.15. The normalized spacial score (nSPS) is 18.1. The van der Waals surface area contributed by atoms with Crippen molar-refractivity contribution in [2.75, 3.05) is 26.7 Å². The second-order valence-corrected chi connectivity index (χ2v) is 6.08. The quantitative estimate of drug-likeness (QED) is 0.468. The van der Waals surface area contributed by atoms with Crippen LogP contribution >= 0.6 is 0 Å². The number of hydrogen-bond acceptors (Lipinski definition) is 4. The van der Waals surface area contributed by atoms with E-state index in [0.29, 0.717) is 0 Å². The molecule has 0 bridgehead atoms. The van der Waals surface area contributed by atoms with Gasteiger partial charge in [-0.15, -0.1) is 0 Å². The minimum Gasteiger partial charge on any atom is -0.468 e. The molecule has 4 heteroatoms. The molecule has 1 atom stereocenters. The van der Waals surface area contributed by atoms with Gasteiger partial charge in [0.15, 0.2) is 0 Å². The van der Waals surface area contributed by atoms with Crippen LogP contribution in [0, 0.1) is 0 Å². The fourth-order valence-electron chi connectivity index (χ4n) is 2.88. The molecule has 1 unspecified atom stereocenters. The second kappa shape index (κ2) is 8.63. The van der Waals surface area contributed by atoms with Crippen LogP contribution in [-0.4, -0.2) is 49.2 Å². The molecule has 0 heterocycles. The Morgan fingerprint density at radius 1 is 1.30 bits per heavy atom. The average Bonchev–Trinajstić information content (AvgIpc) is 3.26. The number of methoxy groups -OCH3 is 1. The summed E-state index contributed by atoms with van der Waals surface area (Å²) in [5.41, 5.74) is -0.529. The van der Waals surface area contributed by atoms with E-state index in [9.17, 15) is 4.79 Å². The zero-order valence-corrected chi connectivity index (χ0v) is 13.7. The number of hydrogen-bond donors (Lipinski definition) is 1. The van der Waals surface area contributed by atoms with Gasteiger partial charge < -0.3 is 15.0 Å². The van der Waals surface area contributed by atoms with Crippen molar-refractivity contribution in [3.63, 3.8) is 0 Å². The molecule has 0 spiro atoms. The lowest BCUT2D eigenvalue weighted by Crippen LogP contribution is -2.50. The van der Waals surface area contributed by atoms with Crippen molar-refractivity contribution in [2.45, 2.75) is 70.9 Å². The van der Waals surface area contributed by atoms with Crippen molar-refractivity contribution in [3.8, 4) is 0 Å². The highest BCUT2D eigenvalue weighted by molar-refractivity contribution is 5.80. The van der Waals surface area contributed by atoms with E-state index in [0.717, 1.165) is 31.8 Å². The van der Waals surface area contributed by atoms with Gasteiger partial charge >= 0.3 is 5.97 Å². The van der Waals surface area contributed by atoms with E-state index in [-0.39, 0.29) is 5.97 Å². The predicted molar refractivity (Wildman–Crippen MR) is 82.8 cm³/mol. The van der Waals surface area contributed by atoms with Gasteiger partial charge in [-0.05, 0) is 65.1 Å². The van der Waals surface area contributed by atoms with E-state index in [4.69, 9.17) is 4.74 Å². The lowest BCUT2D eigenvalue weighted by Gasteiger charge is -2.28. The maximum atomic E-state index is 11.9. The molecule has 0 aromatic carbocycles. The summed E-state index contributed by atoms with van der Waals surface area (Å²) in [7, 11) is 1.47. The third-order valence-electron chi connectivity index (χ3n) is 4.15. The number of rotatable bonds is 11. The lowest BCUT2D eigenvalue weighted by molar-refractivity contribution is -0.148. The minimum absolute atomic E-state index is 0.146. The summed E-state index contributed by atoms with van der Waals surface area (Å²) in [6.45, 7) is 9.39. The molecule has 1 saturated carbocycles. The molecule has 20 heavy (non-hydrogen) atoms. The monoisotopic (exact) mass is 284 g/mol. The Morgan fingerprint density at radius 3 is 2.50 bits per heavy atom. The summed E-state index contributed by atoms with van der Waals surface area (Å²) in [5, 5.41) is 3.27. The first-order valence-corrected chi connectivity index (χ1v) is 8.14. The SMILES string of the molecule is CCCN(CCCCC(C)(NCC)C(=O)OC)C1CC1. The van der Waals surface area contributed by atoms with E-state index >= 15 is 0 Å². The largest absolute Gasteiger partial charge is 0.468 e. The average molecular weight is 284 g/mol. The maximum Gasteiger partial charge on any atom is 0.325 e. The molecular formula is C16H32N2O2. The minimum atomic E-state index is -0.529. The number of unbranched alkanes of at least 4 members (excludes halogenated alkanes) is 1. The molecule has 0 amide bonds. The van der Waals surface area contributed by atoms with Crippen molar-refractivity contribution in [1.29, 1.82) is 0 Å². The Balaban J connectivity index is 2.30. The highest BCUT2D eigenvalue weighted by Crippen LogP contribution is 2.27. The second-order valence-electron chi connectivity index (χ2n) is 6.08. The van der Waals surface area contributed by atoms with Crippen molar-refractivity contribution in [2.24, 2.45) is 0 Å². The third kappa shape index (κ3) is 5.41. The molecule has 118 valence electrons. The molecule has 4 nitrogen and oxygen atoms in total. The van der Waals surface area contributed by atoms with Crippen LogP contribution < -0.4 is 5.32 Å². The van der Waals surface area contributed by atoms with Gasteiger partial charge in [-0.2, -0.15) is 0 Å². The topological polar surface area (TPSA) is 41.6 Å². The number of nitrogens with zero attached hydrogens (tertiary/aromatic N) is 1. The van der Waals surface area contributed by atoms with Crippen LogP contribution in [0.5, 0.6) is 0 Å². The number of likely N-dealkylation sites (N-methyl/N-ethyl adjacent to an activating group) is 1. The summed E-state index contributed by atoms with van der Waals surface area (Å²) < 4.78 is 4.92. The van der Waals surface area contributed by atoms with Crippen LogP contribution in [0.2, 0.25) is 0 Å². The number of carbonyl (C=O) groups excluding carboxylic acids is 1. The molecule has 1 fully saturated rings. The molecule has 1 aliphatic rings. The van der Waals surface area contributed by atoms with E-state index in [1.54, 1.807) is 0 Å². The van der Waals surface area contributed by atoms with Gasteiger partial charge in [-0.25, -0.2) is 0 Å².